The number of aryl methyl sites for hydroxylation is 3. The minimum absolute atomic E-state index is 0.263. The lowest BCUT2D eigenvalue weighted by molar-refractivity contribution is 0.767. The van der Waals surface area contributed by atoms with Gasteiger partial charge in [-0.15, -0.1) is 0 Å². The van der Waals surface area contributed by atoms with Crippen molar-refractivity contribution >= 4 is 27.1 Å². The average molecular weight is 783 g/mol. The molecule has 0 bridgehead atoms. The van der Waals surface area contributed by atoms with Crippen LogP contribution in [0.2, 0.25) is 0 Å². The summed E-state index contributed by atoms with van der Waals surface area (Å²) in [5.41, 5.74) is 19.0. The van der Waals surface area contributed by atoms with Gasteiger partial charge in [0.25, 0.3) is 0 Å². The molecule has 0 N–H and O–H groups in total. The minimum Gasteiger partial charge on any atom is -0.0761 e. The van der Waals surface area contributed by atoms with Gasteiger partial charge < -0.3 is 0 Å². The first-order valence-electron chi connectivity index (χ1n) is 21.9. The maximum atomic E-state index is 2.34. The first-order chi connectivity index (χ1) is 29.3. The summed E-state index contributed by atoms with van der Waals surface area (Å²) in [5, 5.41) is 5.53. The SMILES string of the molecule is CC.CC.CC(C)=CC1=C(C)c2ccc3ccc4cc(C)ccc4c3c2C1.Cc1cccc(C2(c3ccccc3)c3ccccc3-c3ccccc32)c1.Cc1ccccc1. The summed E-state index contributed by atoms with van der Waals surface area (Å²) in [5.74, 6) is 0. The van der Waals surface area contributed by atoms with E-state index in [-0.39, 0.29) is 5.41 Å². The quantitative estimate of drug-likeness (QED) is 0.157. The Hall–Kier alpha value is -6.24. The molecule has 0 heterocycles. The Morgan fingerprint density at radius 2 is 0.967 bits per heavy atom. The number of rotatable bonds is 3. The van der Waals surface area contributed by atoms with Crippen LogP contribution in [-0.2, 0) is 11.8 Å². The Morgan fingerprint density at radius 1 is 0.450 bits per heavy atom. The Kier molecular flexibility index (Phi) is 14.2. The van der Waals surface area contributed by atoms with E-state index >= 15 is 0 Å². The van der Waals surface area contributed by atoms with Crippen molar-refractivity contribution in [3.05, 3.63) is 243 Å². The van der Waals surface area contributed by atoms with Gasteiger partial charge in [0.1, 0.15) is 0 Å². The summed E-state index contributed by atoms with van der Waals surface area (Å²) in [6, 6.07) is 63.8. The smallest absolute Gasteiger partial charge is 0.0713 e. The lowest BCUT2D eigenvalue weighted by atomic mass is 9.67. The fraction of sp³-hybridized carbons (Fsp3) is 0.200. The predicted octanol–water partition coefficient (Wildman–Crippen LogP) is 17.0. The van der Waals surface area contributed by atoms with Crippen LogP contribution in [-0.4, -0.2) is 0 Å². The van der Waals surface area contributed by atoms with Gasteiger partial charge in [0.15, 0.2) is 0 Å². The van der Waals surface area contributed by atoms with Crippen LogP contribution in [0.4, 0.5) is 0 Å². The van der Waals surface area contributed by atoms with E-state index in [1.807, 2.05) is 45.9 Å². The molecule has 0 amide bonds. The molecule has 0 spiro atoms. The summed E-state index contributed by atoms with van der Waals surface area (Å²) < 4.78 is 0. The van der Waals surface area contributed by atoms with Crippen LogP contribution in [0, 0.1) is 20.8 Å². The van der Waals surface area contributed by atoms with Gasteiger partial charge in [-0.2, -0.15) is 0 Å². The Labute approximate surface area is 361 Å². The van der Waals surface area contributed by atoms with Crippen LogP contribution in [0.3, 0.4) is 0 Å². The number of allylic oxidation sites excluding steroid dienone is 4. The monoisotopic (exact) mass is 782 g/mol. The molecule has 0 unspecified atom stereocenters. The third-order valence-corrected chi connectivity index (χ3v) is 11.5. The largest absolute Gasteiger partial charge is 0.0761 e. The first-order valence-corrected chi connectivity index (χ1v) is 21.9. The molecule has 10 rings (SSSR count). The molecule has 0 aliphatic heterocycles. The van der Waals surface area contributed by atoms with Gasteiger partial charge in [-0.3, -0.25) is 0 Å². The van der Waals surface area contributed by atoms with Crippen molar-refractivity contribution in [1.82, 2.24) is 0 Å². The highest BCUT2D eigenvalue weighted by Crippen LogP contribution is 2.56. The summed E-state index contributed by atoms with van der Waals surface area (Å²) in [7, 11) is 0. The van der Waals surface area contributed by atoms with Gasteiger partial charge >= 0.3 is 0 Å². The third-order valence-electron chi connectivity index (χ3n) is 11.5. The summed E-state index contributed by atoms with van der Waals surface area (Å²) in [6.07, 6.45) is 3.40. The van der Waals surface area contributed by atoms with E-state index in [2.05, 4.69) is 205 Å². The van der Waals surface area contributed by atoms with Gasteiger partial charge in [0, 0.05) is 0 Å². The first kappa shape index (κ1) is 43.3. The highest BCUT2D eigenvalue weighted by atomic mass is 14.5. The van der Waals surface area contributed by atoms with E-state index in [9.17, 15) is 0 Å². The van der Waals surface area contributed by atoms with E-state index in [4.69, 9.17) is 0 Å². The normalized spacial score (nSPS) is 12.5. The maximum Gasteiger partial charge on any atom is 0.0713 e. The summed E-state index contributed by atoms with van der Waals surface area (Å²) in [6.45, 7) is 21.0. The van der Waals surface area contributed by atoms with E-state index in [0.29, 0.717) is 0 Å². The van der Waals surface area contributed by atoms with Crippen molar-refractivity contribution in [2.75, 3.05) is 0 Å². The molecule has 0 atom stereocenters. The standard InChI is InChI=1S/C26H20.C23H22.C7H8.2C2H6/c1-19-10-9-13-21(18-19)26(20-11-3-2-4-12-20)24-16-7-5-14-22(24)23-15-6-8-17-25(23)26;1-14(2)11-19-13-22-20(16(19)4)10-8-17-6-7-18-12-15(3)5-9-21(18)23(17)22;1-7-5-3-2-4-6-7;2*1-2/h2-18H,1H3;5-12H,13H2,1-4H3;2-6H,1H3;2*1-2H3. The molecule has 8 aromatic carbocycles. The van der Waals surface area contributed by atoms with Gasteiger partial charge in [-0.1, -0.05) is 232 Å². The van der Waals surface area contributed by atoms with Gasteiger partial charge in [-0.05, 0) is 125 Å². The molecule has 0 aromatic heterocycles. The van der Waals surface area contributed by atoms with E-state index in [1.54, 1.807) is 0 Å². The molecule has 2 aliphatic carbocycles. The van der Waals surface area contributed by atoms with Gasteiger partial charge in [0.05, 0.1) is 5.41 Å². The van der Waals surface area contributed by atoms with E-state index in [1.165, 1.54) is 99.5 Å². The molecule has 8 aromatic rings. The molecule has 0 saturated carbocycles. The molecule has 2 aliphatic rings. The maximum absolute atomic E-state index is 2.34. The van der Waals surface area contributed by atoms with E-state index < -0.39 is 0 Å². The van der Waals surface area contributed by atoms with Crippen LogP contribution < -0.4 is 0 Å². The van der Waals surface area contributed by atoms with Crippen molar-refractivity contribution in [2.24, 2.45) is 0 Å². The second kappa shape index (κ2) is 19.7. The molecular weight excluding hydrogens is 721 g/mol. The second-order valence-electron chi connectivity index (χ2n) is 15.8. The van der Waals surface area contributed by atoms with Crippen LogP contribution in [0.15, 0.2) is 193 Å². The summed E-state index contributed by atoms with van der Waals surface area (Å²) >= 11 is 0. The van der Waals surface area contributed by atoms with Crippen LogP contribution in [0.5, 0.6) is 0 Å². The van der Waals surface area contributed by atoms with Crippen LogP contribution in [0.1, 0.15) is 98.5 Å². The van der Waals surface area contributed by atoms with Crippen molar-refractivity contribution in [3.63, 3.8) is 0 Å². The molecular formula is C60H62. The van der Waals surface area contributed by atoms with Gasteiger partial charge in [0.2, 0.25) is 0 Å². The number of fused-ring (bicyclic) bond motifs is 8. The van der Waals surface area contributed by atoms with Gasteiger partial charge in [-0.25, -0.2) is 0 Å². The van der Waals surface area contributed by atoms with Crippen molar-refractivity contribution < 1.29 is 0 Å². The Balaban J connectivity index is 0.000000163. The fourth-order valence-electron chi connectivity index (χ4n) is 9.01. The Bertz CT molecular complexity index is 2710. The van der Waals surface area contributed by atoms with E-state index in [0.717, 1.165) is 6.42 Å². The highest BCUT2D eigenvalue weighted by Gasteiger charge is 2.45. The molecule has 0 saturated heterocycles. The number of hydrogen-bond acceptors (Lipinski definition) is 0. The fourth-order valence-corrected chi connectivity index (χ4v) is 9.01. The number of hydrogen-bond donors (Lipinski definition) is 0. The zero-order valence-corrected chi connectivity index (χ0v) is 37.5. The minimum atomic E-state index is -0.263. The highest BCUT2D eigenvalue weighted by molar-refractivity contribution is 6.11. The summed E-state index contributed by atoms with van der Waals surface area (Å²) in [4.78, 5) is 0. The van der Waals surface area contributed by atoms with Crippen LogP contribution >= 0.6 is 0 Å². The zero-order chi connectivity index (χ0) is 42.8. The molecule has 60 heavy (non-hydrogen) atoms. The van der Waals surface area contributed by atoms with Crippen molar-refractivity contribution in [3.8, 4) is 11.1 Å². The molecule has 302 valence electrons. The average Bonchev–Trinajstić information content (AvgIpc) is 3.77. The van der Waals surface area contributed by atoms with Crippen molar-refractivity contribution in [1.29, 1.82) is 0 Å². The van der Waals surface area contributed by atoms with Crippen LogP contribution in [0.25, 0.3) is 38.2 Å². The molecule has 0 heteroatoms. The molecule has 0 nitrogen and oxygen atoms in total. The Morgan fingerprint density at radius 3 is 1.55 bits per heavy atom. The predicted molar refractivity (Wildman–Crippen MR) is 264 cm³/mol. The number of benzene rings is 8. The third kappa shape index (κ3) is 8.57. The second-order valence-corrected chi connectivity index (χ2v) is 15.8. The lowest BCUT2D eigenvalue weighted by Gasteiger charge is -2.34. The lowest BCUT2D eigenvalue weighted by Crippen LogP contribution is -2.28. The topological polar surface area (TPSA) is 0 Å². The van der Waals surface area contributed by atoms with Crippen molar-refractivity contribution in [2.45, 2.75) is 81.1 Å². The molecule has 0 radical (unpaired) electrons. The molecule has 0 fully saturated rings. The zero-order valence-electron chi connectivity index (χ0n) is 37.5.